The summed E-state index contributed by atoms with van der Waals surface area (Å²) in [7, 11) is 6.02. The Bertz CT molecular complexity index is 1270. The van der Waals surface area contributed by atoms with Crippen LogP contribution in [0.2, 0.25) is 0 Å². The van der Waals surface area contributed by atoms with Crippen molar-refractivity contribution in [3.8, 4) is 17.0 Å². The number of anilines is 1. The SMILES string of the molecule is BC(B)(B)Oc1nc(N[C@H]2CC[C@@](C)(O)CC2)nc2[nH]cc(-c3ccc4ncnn4c3)c12. The standard InChI is InChI=1S/C20H26B3N7O2/c1-19(31)6-4-12(5-7-19)27-18-28-16-15(17(29-18)32-20(21,22)23)13(8-24-16)11-2-3-14-25-10-26-30(14)9-11/h2-3,8-10,12,31H,4-7,21-23H2,1H3,(H2,24,27,28,29)/t12-,19+. The summed E-state index contributed by atoms with van der Waals surface area (Å²) in [6.07, 6.45) is 8.66. The van der Waals surface area contributed by atoms with E-state index in [1.54, 1.807) is 4.52 Å². The van der Waals surface area contributed by atoms with E-state index < -0.39 is 10.9 Å². The molecular weight excluding hydrogens is 403 g/mol. The zero-order valence-corrected chi connectivity index (χ0v) is 18.9. The van der Waals surface area contributed by atoms with E-state index in [4.69, 9.17) is 14.7 Å². The van der Waals surface area contributed by atoms with Crippen molar-refractivity contribution in [2.45, 2.75) is 49.5 Å². The van der Waals surface area contributed by atoms with Gasteiger partial charge in [0.2, 0.25) is 11.8 Å². The van der Waals surface area contributed by atoms with Crippen LogP contribution >= 0.6 is 0 Å². The van der Waals surface area contributed by atoms with E-state index in [1.807, 2.05) is 55.0 Å². The molecule has 0 amide bonds. The van der Waals surface area contributed by atoms with Crippen LogP contribution < -0.4 is 10.1 Å². The van der Waals surface area contributed by atoms with Gasteiger partial charge in [0.05, 0.1) is 11.0 Å². The first-order chi connectivity index (χ1) is 15.2. The molecule has 0 aliphatic heterocycles. The number of hydrogen-bond donors (Lipinski definition) is 3. The van der Waals surface area contributed by atoms with Crippen LogP contribution in [-0.2, 0) is 0 Å². The summed E-state index contributed by atoms with van der Waals surface area (Å²) in [5.74, 6) is 1.06. The van der Waals surface area contributed by atoms with Crippen LogP contribution in [0.15, 0.2) is 30.9 Å². The second-order valence-electron chi connectivity index (χ2n) is 9.89. The van der Waals surface area contributed by atoms with E-state index in [-0.39, 0.29) is 6.04 Å². The van der Waals surface area contributed by atoms with Crippen LogP contribution in [0.4, 0.5) is 5.95 Å². The van der Waals surface area contributed by atoms with Gasteiger partial charge in [0.1, 0.15) is 35.5 Å². The number of pyridine rings is 1. The Morgan fingerprint density at radius 2 is 2.03 bits per heavy atom. The summed E-state index contributed by atoms with van der Waals surface area (Å²) in [4.78, 5) is 17.0. The summed E-state index contributed by atoms with van der Waals surface area (Å²) >= 11 is 0. The average Bonchev–Trinajstić information content (AvgIpc) is 3.34. The summed E-state index contributed by atoms with van der Waals surface area (Å²) in [5, 5.41) is 18.3. The third-order valence-corrected chi connectivity index (χ3v) is 5.88. The Hall–Kier alpha value is -3.01. The highest BCUT2D eigenvalue weighted by molar-refractivity contribution is 6.58. The van der Waals surface area contributed by atoms with Crippen molar-refractivity contribution in [1.82, 2.24) is 29.5 Å². The minimum absolute atomic E-state index is 0.222. The van der Waals surface area contributed by atoms with E-state index in [0.29, 0.717) is 17.5 Å². The molecule has 9 nitrogen and oxygen atoms in total. The van der Waals surface area contributed by atoms with Crippen molar-refractivity contribution >= 4 is 46.2 Å². The molecule has 1 aliphatic rings. The van der Waals surface area contributed by atoms with Crippen molar-refractivity contribution in [1.29, 1.82) is 0 Å². The fourth-order valence-corrected chi connectivity index (χ4v) is 4.20. The molecule has 0 saturated heterocycles. The highest BCUT2D eigenvalue weighted by Crippen LogP contribution is 2.36. The molecule has 0 unspecified atom stereocenters. The lowest BCUT2D eigenvalue weighted by molar-refractivity contribution is 0.0195. The quantitative estimate of drug-likeness (QED) is 0.373. The molecule has 0 spiro atoms. The number of nitrogens with zero attached hydrogens (tertiary/aromatic N) is 5. The number of aliphatic hydroxyl groups is 1. The molecule has 1 aliphatic carbocycles. The lowest BCUT2D eigenvalue weighted by Gasteiger charge is -2.33. The van der Waals surface area contributed by atoms with Gasteiger partial charge >= 0.3 is 0 Å². The highest BCUT2D eigenvalue weighted by Gasteiger charge is 2.29. The number of hydrogen-bond acceptors (Lipinski definition) is 7. The fraction of sp³-hybridized carbons (Fsp3) is 0.400. The van der Waals surface area contributed by atoms with Crippen molar-refractivity contribution in [2.75, 3.05) is 5.32 Å². The number of aromatic amines is 1. The van der Waals surface area contributed by atoms with E-state index in [2.05, 4.69) is 20.4 Å². The maximum Gasteiger partial charge on any atom is 0.228 e. The topological polar surface area (TPSA) is 113 Å². The summed E-state index contributed by atoms with van der Waals surface area (Å²) in [6, 6.07) is 4.16. The highest BCUT2D eigenvalue weighted by atomic mass is 16.5. The molecule has 3 N–H and O–H groups in total. The average molecular weight is 429 g/mol. The molecular formula is C20H26B3N7O2. The van der Waals surface area contributed by atoms with Gasteiger partial charge in [0.25, 0.3) is 0 Å². The lowest BCUT2D eigenvalue weighted by atomic mass is 9.52. The van der Waals surface area contributed by atoms with Crippen LogP contribution in [0, 0.1) is 0 Å². The molecule has 4 aromatic rings. The van der Waals surface area contributed by atoms with Crippen LogP contribution in [0.5, 0.6) is 5.88 Å². The van der Waals surface area contributed by atoms with Crippen molar-refractivity contribution in [3.63, 3.8) is 0 Å². The Kier molecular flexibility index (Phi) is 4.92. The maximum atomic E-state index is 10.2. The summed E-state index contributed by atoms with van der Waals surface area (Å²) in [6.45, 7) is 1.90. The second kappa shape index (κ2) is 7.55. The number of H-pyrrole nitrogens is 1. The molecule has 1 fully saturated rings. The van der Waals surface area contributed by atoms with Gasteiger partial charge in [-0.3, -0.25) is 0 Å². The molecule has 0 bridgehead atoms. The molecule has 162 valence electrons. The number of fused-ring (bicyclic) bond motifs is 2. The molecule has 4 heterocycles. The van der Waals surface area contributed by atoms with Gasteiger partial charge in [-0.25, -0.2) is 9.50 Å². The molecule has 32 heavy (non-hydrogen) atoms. The van der Waals surface area contributed by atoms with Crippen LogP contribution in [0.3, 0.4) is 0 Å². The van der Waals surface area contributed by atoms with E-state index in [1.165, 1.54) is 6.33 Å². The van der Waals surface area contributed by atoms with Crippen molar-refractivity contribution < 1.29 is 9.84 Å². The second-order valence-corrected chi connectivity index (χ2v) is 9.89. The monoisotopic (exact) mass is 429 g/mol. The van der Waals surface area contributed by atoms with Crippen LogP contribution in [0.1, 0.15) is 32.6 Å². The van der Waals surface area contributed by atoms with E-state index >= 15 is 0 Å². The number of rotatable bonds is 5. The Morgan fingerprint density at radius 3 is 2.78 bits per heavy atom. The third-order valence-electron chi connectivity index (χ3n) is 5.88. The van der Waals surface area contributed by atoms with Crippen molar-refractivity contribution in [2.24, 2.45) is 0 Å². The largest absolute Gasteiger partial charge is 0.498 e. The zero-order chi connectivity index (χ0) is 22.5. The first-order valence-corrected chi connectivity index (χ1v) is 11.0. The van der Waals surface area contributed by atoms with Gasteiger partial charge in [-0.05, 0) is 44.7 Å². The van der Waals surface area contributed by atoms with E-state index in [9.17, 15) is 5.11 Å². The molecule has 4 aromatic heterocycles. The summed E-state index contributed by atoms with van der Waals surface area (Å²) in [5.41, 5.74) is 2.82. The third kappa shape index (κ3) is 4.19. The fourth-order valence-electron chi connectivity index (χ4n) is 4.20. The first kappa shape index (κ1) is 20.9. The van der Waals surface area contributed by atoms with Crippen molar-refractivity contribution in [3.05, 3.63) is 30.9 Å². The van der Waals surface area contributed by atoms with Gasteiger partial charge in [-0.15, -0.1) is 0 Å². The van der Waals surface area contributed by atoms with Crippen LogP contribution in [0.25, 0.3) is 27.8 Å². The molecule has 1 saturated carbocycles. The van der Waals surface area contributed by atoms with Gasteiger partial charge < -0.3 is 20.1 Å². The minimum Gasteiger partial charge on any atom is -0.498 e. The van der Waals surface area contributed by atoms with Gasteiger partial charge in [0.15, 0.2) is 5.65 Å². The zero-order valence-electron chi connectivity index (χ0n) is 18.9. The predicted octanol–water partition coefficient (Wildman–Crippen LogP) is -0.338. The normalized spacial score (nSPS) is 21.8. The Balaban J connectivity index is 1.54. The summed E-state index contributed by atoms with van der Waals surface area (Å²) < 4.78 is 8.03. The van der Waals surface area contributed by atoms with Gasteiger partial charge in [-0.2, -0.15) is 15.1 Å². The van der Waals surface area contributed by atoms with Gasteiger partial charge in [-0.1, -0.05) is 0 Å². The maximum absolute atomic E-state index is 10.2. The van der Waals surface area contributed by atoms with E-state index in [0.717, 1.165) is 47.8 Å². The Labute approximate surface area is 188 Å². The van der Waals surface area contributed by atoms with Gasteiger partial charge in [0, 0.05) is 34.9 Å². The molecule has 12 heteroatoms. The predicted molar refractivity (Wildman–Crippen MR) is 131 cm³/mol. The number of nitrogens with one attached hydrogen (secondary N) is 2. The molecule has 5 rings (SSSR count). The smallest absolute Gasteiger partial charge is 0.228 e. The molecule has 0 radical (unpaired) electrons. The number of aromatic nitrogens is 6. The lowest BCUT2D eigenvalue weighted by Crippen LogP contribution is -2.38. The van der Waals surface area contributed by atoms with Crippen LogP contribution in [-0.4, -0.2) is 75.1 Å². The Morgan fingerprint density at radius 1 is 1.25 bits per heavy atom. The minimum atomic E-state index is -0.580. The molecule has 0 aromatic carbocycles. The number of ether oxygens (including phenoxy) is 1. The first-order valence-electron chi connectivity index (χ1n) is 11.0. The molecule has 0 atom stereocenters.